The van der Waals surface area contributed by atoms with E-state index in [-0.39, 0.29) is 9.92 Å². The lowest BCUT2D eigenvalue weighted by molar-refractivity contribution is 0.458. The number of hydrogen-bond acceptors (Lipinski definition) is 3. The highest BCUT2D eigenvalue weighted by Gasteiger charge is 2.22. The molecule has 0 atom stereocenters. The van der Waals surface area contributed by atoms with Gasteiger partial charge in [-0.15, -0.1) is 0 Å². The molecule has 17 heavy (non-hydrogen) atoms. The van der Waals surface area contributed by atoms with Gasteiger partial charge in [-0.05, 0) is 32.1 Å². The number of benzene rings is 1. The largest absolute Gasteiger partial charge is 0.320 e. The SMILES string of the molecule is CNCCCN(C)S(=O)(=O)c1ccccc1Cl. The van der Waals surface area contributed by atoms with Crippen LogP contribution in [0.15, 0.2) is 29.2 Å². The average molecular weight is 277 g/mol. The van der Waals surface area contributed by atoms with E-state index in [9.17, 15) is 8.42 Å². The minimum atomic E-state index is -3.48. The molecule has 96 valence electrons. The van der Waals surface area contributed by atoms with Crippen molar-refractivity contribution in [3.63, 3.8) is 0 Å². The van der Waals surface area contributed by atoms with E-state index in [4.69, 9.17) is 11.6 Å². The van der Waals surface area contributed by atoms with E-state index in [1.165, 1.54) is 10.4 Å². The zero-order valence-corrected chi connectivity index (χ0v) is 11.6. The van der Waals surface area contributed by atoms with Crippen molar-refractivity contribution in [2.45, 2.75) is 11.3 Å². The second-order valence-corrected chi connectivity index (χ2v) is 6.13. The Labute approximate surface area is 108 Å². The van der Waals surface area contributed by atoms with E-state index in [0.29, 0.717) is 6.54 Å². The highest BCUT2D eigenvalue weighted by molar-refractivity contribution is 7.89. The van der Waals surface area contributed by atoms with Gasteiger partial charge in [0.2, 0.25) is 10.0 Å². The second kappa shape index (κ2) is 6.35. The molecule has 1 aromatic carbocycles. The Morgan fingerprint density at radius 2 is 2.00 bits per heavy atom. The molecule has 0 amide bonds. The molecule has 1 N–H and O–H groups in total. The third-order valence-corrected chi connectivity index (χ3v) is 4.78. The molecular weight excluding hydrogens is 260 g/mol. The standard InChI is InChI=1S/C11H17ClN2O2S/c1-13-8-5-9-14(2)17(15,16)11-7-4-3-6-10(11)12/h3-4,6-7,13H,5,8-9H2,1-2H3. The molecule has 0 aliphatic carbocycles. The Balaban J connectivity index is 2.85. The number of rotatable bonds is 6. The van der Waals surface area contributed by atoms with Gasteiger partial charge in [0.15, 0.2) is 0 Å². The van der Waals surface area contributed by atoms with Gasteiger partial charge in [-0.2, -0.15) is 0 Å². The molecule has 0 spiro atoms. The van der Waals surface area contributed by atoms with Crippen LogP contribution >= 0.6 is 11.6 Å². The molecule has 1 aromatic rings. The van der Waals surface area contributed by atoms with Crippen LogP contribution < -0.4 is 5.32 Å². The summed E-state index contributed by atoms with van der Waals surface area (Å²) < 4.78 is 25.7. The van der Waals surface area contributed by atoms with Gasteiger partial charge in [0.1, 0.15) is 4.90 Å². The van der Waals surface area contributed by atoms with Gasteiger partial charge in [0.25, 0.3) is 0 Å². The molecule has 4 nitrogen and oxygen atoms in total. The average Bonchev–Trinajstić information content (AvgIpc) is 2.29. The quantitative estimate of drug-likeness (QED) is 0.803. The van der Waals surface area contributed by atoms with Crippen LogP contribution in [0.25, 0.3) is 0 Å². The van der Waals surface area contributed by atoms with Crippen LogP contribution in [0, 0.1) is 0 Å². The summed E-state index contributed by atoms with van der Waals surface area (Å²) in [5, 5.41) is 3.24. The maximum Gasteiger partial charge on any atom is 0.244 e. The number of hydrogen-bond donors (Lipinski definition) is 1. The fraction of sp³-hybridized carbons (Fsp3) is 0.455. The van der Waals surface area contributed by atoms with E-state index < -0.39 is 10.0 Å². The molecule has 0 heterocycles. The van der Waals surface area contributed by atoms with E-state index in [1.54, 1.807) is 25.2 Å². The summed E-state index contributed by atoms with van der Waals surface area (Å²) in [6, 6.07) is 6.48. The minimum absolute atomic E-state index is 0.161. The molecule has 0 unspecified atom stereocenters. The first kappa shape index (κ1) is 14.4. The first-order valence-electron chi connectivity index (χ1n) is 5.35. The summed E-state index contributed by atoms with van der Waals surface area (Å²) >= 11 is 5.90. The van der Waals surface area contributed by atoms with Gasteiger partial charge < -0.3 is 5.32 Å². The molecule has 0 fully saturated rings. The van der Waals surface area contributed by atoms with E-state index in [2.05, 4.69) is 5.32 Å². The first-order valence-corrected chi connectivity index (χ1v) is 7.17. The monoisotopic (exact) mass is 276 g/mol. The van der Waals surface area contributed by atoms with E-state index in [1.807, 2.05) is 7.05 Å². The normalized spacial score (nSPS) is 12.0. The van der Waals surface area contributed by atoms with Crippen molar-refractivity contribution >= 4 is 21.6 Å². The van der Waals surface area contributed by atoms with E-state index in [0.717, 1.165) is 13.0 Å². The molecule has 0 aliphatic heterocycles. The maximum atomic E-state index is 12.2. The van der Waals surface area contributed by atoms with Crippen molar-refractivity contribution in [2.24, 2.45) is 0 Å². The number of nitrogens with one attached hydrogen (secondary N) is 1. The lowest BCUT2D eigenvalue weighted by Crippen LogP contribution is -2.29. The third kappa shape index (κ3) is 3.67. The molecule has 0 aromatic heterocycles. The van der Waals surface area contributed by atoms with Crippen LogP contribution in [0.5, 0.6) is 0 Å². The third-order valence-electron chi connectivity index (χ3n) is 2.42. The Morgan fingerprint density at radius 1 is 1.35 bits per heavy atom. The number of sulfonamides is 1. The van der Waals surface area contributed by atoms with Crippen molar-refractivity contribution in [1.82, 2.24) is 9.62 Å². The van der Waals surface area contributed by atoms with Crippen LogP contribution in [0.3, 0.4) is 0 Å². The summed E-state index contributed by atoms with van der Waals surface area (Å²) in [6.45, 7) is 1.25. The molecular formula is C11H17ClN2O2S. The molecule has 0 saturated carbocycles. The Bertz CT molecular complexity index is 462. The zero-order valence-electron chi connectivity index (χ0n) is 9.98. The number of nitrogens with zero attached hydrogens (tertiary/aromatic N) is 1. The van der Waals surface area contributed by atoms with Crippen molar-refractivity contribution in [3.05, 3.63) is 29.3 Å². The van der Waals surface area contributed by atoms with E-state index >= 15 is 0 Å². The van der Waals surface area contributed by atoms with Crippen LogP contribution in [0.1, 0.15) is 6.42 Å². The first-order chi connectivity index (χ1) is 8.00. The van der Waals surface area contributed by atoms with Gasteiger partial charge in [-0.3, -0.25) is 0 Å². The van der Waals surface area contributed by atoms with Crippen molar-refractivity contribution in [3.8, 4) is 0 Å². The Hall–Kier alpha value is -0.620. The van der Waals surface area contributed by atoms with Gasteiger partial charge in [-0.25, -0.2) is 12.7 Å². The Morgan fingerprint density at radius 3 is 2.59 bits per heavy atom. The van der Waals surface area contributed by atoms with Crippen LogP contribution in [0.4, 0.5) is 0 Å². The molecule has 0 saturated heterocycles. The predicted molar refractivity (Wildman–Crippen MR) is 69.8 cm³/mol. The minimum Gasteiger partial charge on any atom is -0.320 e. The topological polar surface area (TPSA) is 49.4 Å². The molecule has 0 aliphatic rings. The lowest BCUT2D eigenvalue weighted by atomic mass is 10.4. The summed E-state index contributed by atoms with van der Waals surface area (Å²) in [7, 11) is -0.0768. The smallest absolute Gasteiger partial charge is 0.244 e. The Kier molecular flexibility index (Phi) is 5.39. The fourth-order valence-corrected chi connectivity index (χ4v) is 3.12. The van der Waals surface area contributed by atoms with Crippen molar-refractivity contribution in [2.75, 3.05) is 27.2 Å². The summed E-state index contributed by atoms with van der Waals surface area (Å²) in [5.74, 6) is 0. The fourth-order valence-electron chi connectivity index (χ4n) is 1.42. The van der Waals surface area contributed by atoms with Crippen LogP contribution in [-0.2, 0) is 10.0 Å². The molecule has 0 radical (unpaired) electrons. The lowest BCUT2D eigenvalue weighted by Gasteiger charge is -2.17. The highest BCUT2D eigenvalue weighted by atomic mass is 35.5. The second-order valence-electron chi connectivity index (χ2n) is 3.71. The van der Waals surface area contributed by atoms with Gasteiger partial charge in [0, 0.05) is 13.6 Å². The van der Waals surface area contributed by atoms with Gasteiger partial charge >= 0.3 is 0 Å². The highest BCUT2D eigenvalue weighted by Crippen LogP contribution is 2.23. The van der Waals surface area contributed by atoms with Crippen molar-refractivity contribution < 1.29 is 8.42 Å². The zero-order chi connectivity index (χ0) is 12.9. The summed E-state index contributed by atoms with van der Waals surface area (Å²) in [6.07, 6.45) is 0.761. The van der Waals surface area contributed by atoms with Gasteiger partial charge in [-0.1, -0.05) is 23.7 Å². The summed E-state index contributed by atoms with van der Waals surface area (Å²) in [5.41, 5.74) is 0. The molecule has 6 heteroatoms. The maximum absolute atomic E-state index is 12.2. The number of halogens is 1. The van der Waals surface area contributed by atoms with Gasteiger partial charge in [0.05, 0.1) is 5.02 Å². The summed E-state index contributed by atoms with van der Waals surface area (Å²) in [4.78, 5) is 0.161. The van der Waals surface area contributed by atoms with Crippen LogP contribution in [0.2, 0.25) is 5.02 Å². The molecule has 1 rings (SSSR count). The van der Waals surface area contributed by atoms with Crippen molar-refractivity contribution in [1.29, 1.82) is 0 Å². The molecule has 0 bridgehead atoms. The van der Waals surface area contributed by atoms with Crippen LogP contribution in [-0.4, -0.2) is 39.9 Å². The predicted octanol–water partition coefficient (Wildman–Crippen LogP) is 1.57.